The van der Waals surface area contributed by atoms with E-state index in [-0.39, 0.29) is 23.6 Å². The first-order valence-corrected chi connectivity index (χ1v) is 14.6. The quantitative estimate of drug-likeness (QED) is 0.378. The van der Waals surface area contributed by atoms with Gasteiger partial charge in [0.15, 0.2) is 5.79 Å². The van der Waals surface area contributed by atoms with Crippen molar-refractivity contribution in [3.63, 3.8) is 0 Å². The summed E-state index contributed by atoms with van der Waals surface area (Å²) in [6.07, 6.45) is 13.6. The maximum Gasteiger partial charge on any atom is 0.235 e. The zero-order valence-corrected chi connectivity index (χ0v) is 22.3. The van der Waals surface area contributed by atoms with Crippen LogP contribution in [-0.4, -0.2) is 36.3 Å². The molecule has 0 unspecified atom stereocenters. The molecule has 190 valence electrons. The average Bonchev–Trinajstić information content (AvgIpc) is 3.26. The second-order valence-corrected chi connectivity index (χ2v) is 13.7. The highest BCUT2D eigenvalue weighted by atomic mass is 35.5. The molecule has 11 atom stereocenters. The molecule has 0 bridgehead atoms. The van der Waals surface area contributed by atoms with E-state index in [4.69, 9.17) is 21.1 Å². The summed E-state index contributed by atoms with van der Waals surface area (Å²) >= 11 is 5.75. The summed E-state index contributed by atoms with van der Waals surface area (Å²) in [6.45, 7) is 10.8. The third-order valence-electron chi connectivity index (χ3n) is 11.9. The van der Waals surface area contributed by atoms with Crippen molar-refractivity contribution >= 4 is 17.5 Å². The Bertz CT molecular complexity index is 865. The molecule has 2 saturated heterocycles. The summed E-state index contributed by atoms with van der Waals surface area (Å²) < 4.78 is 13.4. The molecule has 1 N–H and O–H groups in total. The predicted octanol–water partition coefficient (Wildman–Crippen LogP) is 6.08. The Morgan fingerprint density at radius 3 is 2.71 bits per heavy atom. The van der Waals surface area contributed by atoms with Crippen molar-refractivity contribution < 1.29 is 14.3 Å². The number of amides is 1. The number of allylic oxidation sites excluding steroid dienone is 1. The number of carbonyl (C=O) groups excluding carboxylic acids is 1. The van der Waals surface area contributed by atoms with Crippen LogP contribution in [0, 0.1) is 46.3 Å². The van der Waals surface area contributed by atoms with Crippen molar-refractivity contribution in [2.24, 2.45) is 46.3 Å². The molecule has 4 nitrogen and oxygen atoms in total. The van der Waals surface area contributed by atoms with Gasteiger partial charge in [0.2, 0.25) is 5.91 Å². The van der Waals surface area contributed by atoms with Gasteiger partial charge >= 0.3 is 0 Å². The Balaban J connectivity index is 1.22. The zero-order chi connectivity index (χ0) is 23.9. The highest BCUT2D eigenvalue weighted by Crippen LogP contribution is 2.70. The maximum absolute atomic E-state index is 11.9. The van der Waals surface area contributed by atoms with Crippen molar-refractivity contribution in [3.8, 4) is 0 Å². The van der Waals surface area contributed by atoms with Crippen molar-refractivity contribution in [2.75, 3.05) is 12.5 Å². The molecule has 0 aromatic carbocycles. The number of hydrogen-bond donors (Lipinski definition) is 1. The maximum atomic E-state index is 11.9. The van der Waals surface area contributed by atoms with E-state index < -0.39 is 0 Å². The van der Waals surface area contributed by atoms with Crippen LogP contribution in [0.3, 0.4) is 0 Å². The number of ether oxygens (including phenoxy) is 2. The van der Waals surface area contributed by atoms with Gasteiger partial charge in [-0.15, -0.1) is 11.6 Å². The molecule has 3 saturated carbocycles. The van der Waals surface area contributed by atoms with E-state index in [2.05, 4.69) is 39.1 Å². The number of alkyl halides is 1. The Morgan fingerprint density at radius 1 is 1.15 bits per heavy atom. The van der Waals surface area contributed by atoms with E-state index >= 15 is 0 Å². The van der Waals surface area contributed by atoms with E-state index in [1.54, 1.807) is 5.57 Å². The van der Waals surface area contributed by atoms with Gasteiger partial charge in [0, 0.05) is 18.4 Å². The molecular formula is C29H44ClNO3. The summed E-state index contributed by atoms with van der Waals surface area (Å²) in [4.78, 5) is 11.9. The first-order valence-electron chi connectivity index (χ1n) is 14.1. The van der Waals surface area contributed by atoms with Crippen molar-refractivity contribution in [3.05, 3.63) is 11.6 Å². The molecule has 0 aromatic rings. The monoisotopic (exact) mass is 489 g/mol. The number of halogens is 1. The molecule has 6 aliphatic rings. The second kappa shape index (κ2) is 8.21. The normalized spacial score (nSPS) is 54.0. The summed E-state index contributed by atoms with van der Waals surface area (Å²) in [6, 6.07) is 0.255. The molecule has 0 radical (unpaired) electrons. The molecule has 6 rings (SSSR count). The highest BCUT2D eigenvalue weighted by Gasteiger charge is 2.68. The van der Waals surface area contributed by atoms with E-state index in [1.807, 2.05) is 0 Å². The van der Waals surface area contributed by atoms with Gasteiger partial charge in [-0.05, 0) is 91.8 Å². The van der Waals surface area contributed by atoms with Gasteiger partial charge in [-0.25, -0.2) is 0 Å². The van der Waals surface area contributed by atoms with Crippen molar-refractivity contribution in [2.45, 2.75) is 103 Å². The lowest BCUT2D eigenvalue weighted by Gasteiger charge is -2.58. The van der Waals surface area contributed by atoms with Crippen LogP contribution in [0.15, 0.2) is 11.6 Å². The van der Waals surface area contributed by atoms with E-state index in [9.17, 15) is 4.79 Å². The van der Waals surface area contributed by atoms with Gasteiger partial charge in [-0.3, -0.25) is 4.79 Å². The van der Waals surface area contributed by atoms with Crippen molar-refractivity contribution in [1.29, 1.82) is 0 Å². The standard InChI is InChI=1S/C29H44ClNO3/c1-17-7-12-29(33-16-17)18(2)26-24(34-29)14-23-21-6-5-19-13-20(31-25(32)15-30)8-10-27(19,3)22(21)9-11-28(23,26)4/h5,17-18,20-24,26H,6-16H2,1-4H3,(H,31,32)/t17-,18+,20-,21-,22+,23+,24+,26+,27+,28+,29-/m1/s1. The summed E-state index contributed by atoms with van der Waals surface area (Å²) in [7, 11) is 0. The van der Waals surface area contributed by atoms with Crippen molar-refractivity contribution in [1.82, 2.24) is 5.32 Å². The minimum Gasteiger partial charge on any atom is -0.352 e. The summed E-state index contributed by atoms with van der Waals surface area (Å²) in [5.41, 5.74) is 2.27. The van der Waals surface area contributed by atoms with Gasteiger partial charge in [-0.2, -0.15) is 0 Å². The molecule has 4 aliphatic carbocycles. The highest BCUT2D eigenvalue weighted by molar-refractivity contribution is 6.27. The number of nitrogens with one attached hydrogen (secondary N) is 1. The topological polar surface area (TPSA) is 47.6 Å². The Hall–Kier alpha value is -0.580. The van der Waals surface area contributed by atoms with Crippen LogP contribution < -0.4 is 5.32 Å². The number of fused-ring (bicyclic) bond motifs is 7. The molecule has 34 heavy (non-hydrogen) atoms. The number of carbonyl (C=O) groups is 1. The summed E-state index contributed by atoms with van der Waals surface area (Å²) in [5.74, 6) is 3.79. The van der Waals surface area contributed by atoms with Crippen LogP contribution >= 0.6 is 11.6 Å². The predicted molar refractivity (Wildman–Crippen MR) is 134 cm³/mol. The molecule has 5 heteroatoms. The minimum absolute atomic E-state index is 0.0289. The summed E-state index contributed by atoms with van der Waals surface area (Å²) in [5, 5.41) is 3.16. The first kappa shape index (κ1) is 23.8. The van der Waals surface area contributed by atoms with E-state index in [0.717, 1.165) is 43.6 Å². The molecule has 2 heterocycles. The number of rotatable bonds is 2. The lowest BCUT2D eigenvalue weighted by atomic mass is 9.46. The second-order valence-electron chi connectivity index (χ2n) is 13.4. The fourth-order valence-electron chi connectivity index (χ4n) is 10.1. The molecule has 1 spiro atoms. The molecular weight excluding hydrogens is 446 g/mol. The average molecular weight is 490 g/mol. The third kappa shape index (κ3) is 3.33. The van der Waals surface area contributed by atoms with Gasteiger partial charge < -0.3 is 14.8 Å². The van der Waals surface area contributed by atoms with Gasteiger partial charge in [0.05, 0.1) is 12.7 Å². The fraction of sp³-hybridized carbons (Fsp3) is 0.897. The van der Waals surface area contributed by atoms with E-state index in [1.165, 1.54) is 38.5 Å². The Morgan fingerprint density at radius 2 is 1.97 bits per heavy atom. The van der Waals surface area contributed by atoms with Crippen LogP contribution in [0.25, 0.3) is 0 Å². The SMILES string of the molecule is C[C@@H]1CC[C@@]2(OC1)O[C@H]1C[C@H]3[C@@H]4CC=C5C[C@H](NC(=O)CCl)CC[C@]5(C)[C@H]4CC[C@]3(C)[C@H]1[C@@H]2C. The zero-order valence-electron chi connectivity index (χ0n) is 21.6. The molecule has 5 fully saturated rings. The van der Waals surface area contributed by atoms with Gasteiger partial charge in [-0.1, -0.05) is 39.3 Å². The Kier molecular flexibility index (Phi) is 5.75. The lowest BCUT2D eigenvalue weighted by Crippen LogP contribution is -2.53. The third-order valence-corrected chi connectivity index (χ3v) is 12.1. The lowest BCUT2D eigenvalue weighted by molar-refractivity contribution is -0.272. The molecule has 0 aromatic heterocycles. The van der Waals surface area contributed by atoms with Crippen LogP contribution in [0.4, 0.5) is 0 Å². The van der Waals surface area contributed by atoms with Crippen LogP contribution in [0.1, 0.15) is 85.5 Å². The fourth-order valence-corrected chi connectivity index (χ4v) is 10.1. The van der Waals surface area contributed by atoms with Gasteiger partial charge in [0.25, 0.3) is 0 Å². The smallest absolute Gasteiger partial charge is 0.235 e. The van der Waals surface area contributed by atoms with Crippen LogP contribution in [0.5, 0.6) is 0 Å². The Labute approximate surface area is 210 Å². The van der Waals surface area contributed by atoms with E-state index in [0.29, 0.717) is 34.7 Å². The van der Waals surface area contributed by atoms with Crippen LogP contribution in [0.2, 0.25) is 0 Å². The minimum atomic E-state index is -0.315. The first-order chi connectivity index (χ1) is 16.2. The largest absolute Gasteiger partial charge is 0.352 e. The van der Waals surface area contributed by atoms with Crippen LogP contribution in [-0.2, 0) is 14.3 Å². The molecule has 1 amide bonds. The number of hydrogen-bond acceptors (Lipinski definition) is 3. The van der Waals surface area contributed by atoms with Gasteiger partial charge in [0.1, 0.15) is 5.88 Å². The molecule has 2 aliphatic heterocycles.